The first kappa shape index (κ1) is 15.5. The molecule has 2 aromatic carbocycles. The number of ether oxygens (including phenoxy) is 1. The van der Waals surface area contributed by atoms with Crippen LogP contribution >= 0.6 is 0 Å². The molecule has 21 heavy (non-hydrogen) atoms. The van der Waals surface area contributed by atoms with Crippen LogP contribution in [-0.4, -0.2) is 37.4 Å². The van der Waals surface area contributed by atoms with Gasteiger partial charge in [-0.1, -0.05) is 42.5 Å². The summed E-state index contributed by atoms with van der Waals surface area (Å²) >= 11 is 0. The molecule has 0 aromatic heterocycles. The molecular weight excluding hydrogens is 266 g/mol. The van der Waals surface area contributed by atoms with Crippen LogP contribution in [0.3, 0.4) is 0 Å². The molecule has 0 saturated heterocycles. The first-order valence-electron chi connectivity index (χ1n) is 7.23. The van der Waals surface area contributed by atoms with Crippen molar-refractivity contribution in [3.05, 3.63) is 48.0 Å². The van der Waals surface area contributed by atoms with E-state index >= 15 is 0 Å². The minimum atomic E-state index is 0.0218. The van der Waals surface area contributed by atoms with E-state index in [1.807, 2.05) is 30.3 Å². The van der Waals surface area contributed by atoms with Gasteiger partial charge in [0.05, 0.1) is 19.6 Å². The number of aliphatic hydroxyl groups is 1. The molecule has 4 heteroatoms. The van der Waals surface area contributed by atoms with Gasteiger partial charge in [-0.25, -0.2) is 0 Å². The molecule has 112 valence electrons. The van der Waals surface area contributed by atoms with Gasteiger partial charge in [-0.3, -0.25) is 4.79 Å². The van der Waals surface area contributed by atoms with Crippen LogP contribution in [0.25, 0.3) is 10.8 Å². The van der Waals surface area contributed by atoms with Crippen molar-refractivity contribution in [2.45, 2.75) is 12.8 Å². The molecular formula is C17H21NO3. The number of benzene rings is 2. The topological polar surface area (TPSA) is 58.6 Å². The van der Waals surface area contributed by atoms with Gasteiger partial charge in [0, 0.05) is 13.2 Å². The Morgan fingerprint density at radius 1 is 1.10 bits per heavy atom. The number of hydrogen-bond acceptors (Lipinski definition) is 3. The van der Waals surface area contributed by atoms with Crippen molar-refractivity contribution in [3.8, 4) is 0 Å². The van der Waals surface area contributed by atoms with Gasteiger partial charge < -0.3 is 15.2 Å². The Kier molecular flexibility index (Phi) is 6.19. The fourth-order valence-corrected chi connectivity index (χ4v) is 2.25. The lowest BCUT2D eigenvalue weighted by atomic mass is 10.0. The predicted molar refractivity (Wildman–Crippen MR) is 83.2 cm³/mol. The molecule has 0 radical (unpaired) electrons. The van der Waals surface area contributed by atoms with E-state index in [-0.39, 0.29) is 12.5 Å². The van der Waals surface area contributed by atoms with E-state index in [0.29, 0.717) is 26.2 Å². The Morgan fingerprint density at radius 2 is 1.90 bits per heavy atom. The Morgan fingerprint density at radius 3 is 2.76 bits per heavy atom. The second kappa shape index (κ2) is 8.39. The SMILES string of the molecule is O=C(Cc1cccc2ccccc12)NCCCOCCO. The number of fused-ring (bicyclic) bond motifs is 1. The second-order valence-corrected chi connectivity index (χ2v) is 4.85. The summed E-state index contributed by atoms with van der Waals surface area (Å²) in [7, 11) is 0. The number of carbonyl (C=O) groups excluding carboxylic acids is 1. The first-order valence-corrected chi connectivity index (χ1v) is 7.23. The van der Waals surface area contributed by atoms with Gasteiger partial charge in [-0.05, 0) is 22.8 Å². The van der Waals surface area contributed by atoms with Gasteiger partial charge in [-0.2, -0.15) is 0 Å². The number of rotatable bonds is 8. The lowest BCUT2D eigenvalue weighted by molar-refractivity contribution is -0.120. The molecule has 4 nitrogen and oxygen atoms in total. The van der Waals surface area contributed by atoms with Crippen molar-refractivity contribution in [3.63, 3.8) is 0 Å². The molecule has 2 rings (SSSR count). The van der Waals surface area contributed by atoms with E-state index in [9.17, 15) is 4.79 Å². The average Bonchev–Trinajstić information content (AvgIpc) is 2.51. The maximum atomic E-state index is 12.0. The number of aliphatic hydroxyl groups excluding tert-OH is 1. The van der Waals surface area contributed by atoms with E-state index < -0.39 is 0 Å². The van der Waals surface area contributed by atoms with E-state index in [4.69, 9.17) is 9.84 Å². The Labute approximate surface area is 124 Å². The van der Waals surface area contributed by atoms with Gasteiger partial charge in [-0.15, -0.1) is 0 Å². The zero-order valence-electron chi connectivity index (χ0n) is 12.0. The van der Waals surface area contributed by atoms with Gasteiger partial charge in [0.15, 0.2) is 0 Å². The summed E-state index contributed by atoms with van der Waals surface area (Å²) in [5, 5.41) is 13.7. The van der Waals surface area contributed by atoms with Crippen LogP contribution in [0.2, 0.25) is 0 Å². The molecule has 2 aromatic rings. The van der Waals surface area contributed by atoms with E-state index in [0.717, 1.165) is 22.8 Å². The molecule has 0 saturated carbocycles. The largest absolute Gasteiger partial charge is 0.394 e. The molecule has 0 unspecified atom stereocenters. The molecule has 0 spiro atoms. The molecule has 0 bridgehead atoms. The Hall–Kier alpha value is -1.91. The second-order valence-electron chi connectivity index (χ2n) is 4.85. The molecule has 0 aliphatic heterocycles. The highest BCUT2D eigenvalue weighted by Crippen LogP contribution is 2.18. The standard InChI is InChI=1S/C17H21NO3/c19-10-12-21-11-4-9-18-17(20)13-15-7-3-6-14-5-1-2-8-16(14)15/h1-3,5-8,19H,4,9-13H2,(H,18,20). The van der Waals surface area contributed by atoms with Crippen molar-refractivity contribution in [2.24, 2.45) is 0 Å². The van der Waals surface area contributed by atoms with Crippen LogP contribution < -0.4 is 5.32 Å². The van der Waals surface area contributed by atoms with Crippen molar-refractivity contribution in [2.75, 3.05) is 26.4 Å². The van der Waals surface area contributed by atoms with Gasteiger partial charge in [0.2, 0.25) is 5.91 Å². The summed E-state index contributed by atoms with van der Waals surface area (Å²) in [6, 6.07) is 14.1. The van der Waals surface area contributed by atoms with Crippen molar-refractivity contribution in [1.82, 2.24) is 5.32 Å². The van der Waals surface area contributed by atoms with Crippen LogP contribution in [0.4, 0.5) is 0 Å². The third-order valence-corrected chi connectivity index (χ3v) is 3.25. The zero-order chi connectivity index (χ0) is 14.9. The average molecular weight is 287 g/mol. The maximum absolute atomic E-state index is 12.0. The summed E-state index contributed by atoms with van der Waals surface area (Å²) < 4.78 is 5.14. The summed E-state index contributed by atoms with van der Waals surface area (Å²) in [6.07, 6.45) is 1.14. The minimum absolute atomic E-state index is 0.0218. The van der Waals surface area contributed by atoms with E-state index in [2.05, 4.69) is 17.4 Å². The van der Waals surface area contributed by atoms with Crippen LogP contribution in [0.5, 0.6) is 0 Å². The molecule has 0 atom stereocenters. The Balaban J connectivity index is 1.82. The Bertz CT molecular complexity index is 578. The van der Waals surface area contributed by atoms with Gasteiger partial charge >= 0.3 is 0 Å². The van der Waals surface area contributed by atoms with Crippen LogP contribution in [0.1, 0.15) is 12.0 Å². The molecule has 0 heterocycles. The third kappa shape index (κ3) is 4.85. The monoisotopic (exact) mass is 287 g/mol. The lowest BCUT2D eigenvalue weighted by Crippen LogP contribution is -2.27. The van der Waals surface area contributed by atoms with E-state index in [1.54, 1.807) is 0 Å². The van der Waals surface area contributed by atoms with Crippen LogP contribution in [0.15, 0.2) is 42.5 Å². The maximum Gasteiger partial charge on any atom is 0.224 e. The number of hydrogen-bond donors (Lipinski definition) is 2. The number of nitrogens with one attached hydrogen (secondary N) is 1. The summed E-state index contributed by atoms with van der Waals surface area (Å²) in [5.74, 6) is 0.0218. The summed E-state index contributed by atoms with van der Waals surface area (Å²) in [6.45, 7) is 1.53. The molecule has 2 N–H and O–H groups in total. The number of amides is 1. The quantitative estimate of drug-likeness (QED) is 0.729. The zero-order valence-corrected chi connectivity index (χ0v) is 12.0. The van der Waals surface area contributed by atoms with Gasteiger partial charge in [0.1, 0.15) is 0 Å². The number of carbonyl (C=O) groups is 1. The summed E-state index contributed by atoms with van der Waals surface area (Å²) in [5.41, 5.74) is 1.04. The highest BCUT2D eigenvalue weighted by Gasteiger charge is 2.06. The van der Waals surface area contributed by atoms with E-state index in [1.165, 1.54) is 0 Å². The highest BCUT2D eigenvalue weighted by molar-refractivity contribution is 5.90. The van der Waals surface area contributed by atoms with Crippen molar-refractivity contribution < 1.29 is 14.6 Å². The smallest absolute Gasteiger partial charge is 0.224 e. The fraction of sp³-hybridized carbons (Fsp3) is 0.353. The fourth-order valence-electron chi connectivity index (χ4n) is 2.25. The first-order chi connectivity index (χ1) is 10.3. The predicted octanol–water partition coefficient (Wildman–Crippen LogP) is 1.90. The third-order valence-electron chi connectivity index (χ3n) is 3.25. The van der Waals surface area contributed by atoms with Crippen molar-refractivity contribution in [1.29, 1.82) is 0 Å². The molecule has 1 amide bonds. The molecule has 0 aliphatic rings. The van der Waals surface area contributed by atoms with Crippen LogP contribution in [-0.2, 0) is 16.0 Å². The highest BCUT2D eigenvalue weighted by atomic mass is 16.5. The van der Waals surface area contributed by atoms with Crippen molar-refractivity contribution >= 4 is 16.7 Å². The summed E-state index contributed by atoms with van der Waals surface area (Å²) in [4.78, 5) is 12.0. The molecule has 0 aliphatic carbocycles. The van der Waals surface area contributed by atoms with Gasteiger partial charge in [0.25, 0.3) is 0 Å². The van der Waals surface area contributed by atoms with Crippen LogP contribution in [0, 0.1) is 0 Å². The normalized spacial score (nSPS) is 10.7. The lowest BCUT2D eigenvalue weighted by Gasteiger charge is -2.08. The molecule has 0 fully saturated rings. The minimum Gasteiger partial charge on any atom is -0.394 e.